The Balaban J connectivity index is 2.76. The van der Waals surface area contributed by atoms with Gasteiger partial charge in [-0.15, -0.1) is 0 Å². The summed E-state index contributed by atoms with van der Waals surface area (Å²) < 4.78 is 36.9. The number of pyridine rings is 1. The lowest BCUT2D eigenvalue weighted by Gasteiger charge is -2.04. The third kappa shape index (κ3) is 4.55. The van der Waals surface area contributed by atoms with Crippen LogP contribution in [0.4, 0.5) is 13.2 Å². The molecule has 0 aliphatic heterocycles. The van der Waals surface area contributed by atoms with E-state index in [0.29, 0.717) is 0 Å². The first-order valence-corrected chi connectivity index (χ1v) is 4.67. The molecule has 0 unspecified atom stereocenters. The van der Waals surface area contributed by atoms with E-state index >= 15 is 0 Å². The van der Waals surface area contributed by atoms with Crippen LogP contribution in [0.3, 0.4) is 0 Å². The van der Waals surface area contributed by atoms with Gasteiger partial charge in [-0.3, -0.25) is 4.79 Å². The molecule has 0 fully saturated rings. The zero-order chi connectivity index (χ0) is 12.9. The monoisotopic (exact) mass is 242 g/mol. The fourth-order valence-electron chi connectivity index (χ4n) is 0.966. The van der Waals surface area contributed by atoms with Crippen molar-refractivity contribution in [1.82, 2.24) is 10.3 Å². The van der Waals surface area contributed by atoms with Crippen LogP contribution in [0.1, 0.15) is 18.3 Å². The van der Waals surface area contributed by atoms with Crippen molar-refractivity contribution in [3.05, 3.63) is 29.6 Å². The lowest BCUT2D eigenvalue weighted by molar-refractivity contribution is -0.141. The molecule has 0 saturated carbocycles. The first kappa shape index (κ1) is 13.0. The molecule has 1 heterocycles. The number of carbonyl (C=O) groups is 1. The van der Waals surface area contributed by atoms with E-state index < -0.39 is 11.9 Å². The molecule has 1 N–H and O–H groups in total. The lowest BCUT2D eigenvalue weighted by atomic mass is 10.3. The van der Waals surface area contributed by atoms with Crippen molar-refractivity contribution in [2.75, 3.05) is 6.54 Å². The third-order valence-corrected chi connectivity index (χ3v) is 1.68. The van der Waals surface area contributed by atoms with Gasteiger partial charge in [-0.25, -0.2) is 4.98 Å². The minimum Gasteiger partial charge on any atom is -0.345 e. The number of aromatic nitrogens is 1. The molecule has 0 saturated heterocycles. The number of nitrogens with one attached hydrogen (secondary N) is 1. The van der Waals surface area contributed by atoms with Gasteiger partial charge >= 0.3 is 6.18 Å². The minimum absolute atomic E-state index is 0.0187. The van der Waals surface area contributed by atoms with E-state index in [4.69, 9.17) is 0 Å². The normalized spacial score (nSPS) is 10.4. The first-order valence-electron chi connectivity index (χ1n) is 4.67. The Morgan fingerprint density at radius 1 is 1.47 bits per heavy atom. The SMILES string of the molecule is CC(=O)NCC#Cc1cccc(C(F)(F)F)n1. The summed E-state index contributed by atoms with van der Waals surface area (Å²) >= 11 is 0. The highest BCUT2D eigenvalue weighted by atomic mass is 19.4. The Kier molecular flexibility index (Phi) is 4.10. The molecule has 17 heavy (non-hydrogen) atoms. The second-order valence-electron chi connectivity index (χ2n) is 3.12. The number of alkyl halides is 3. The van der Waals surface area contributed by atoms with Crippen molar-refractivity contribution in [2.45, 2.75) is 13.1 Å². The summed E-state index contributed by atoms with van der Waals surface area (Å²) in [4.78, 5) is 13.8. The quantitative estimate of drug-likeness (QED) is 0.760. The highest BCUT2D eigenvalue weighted by Gasteiger charge is 2.32. The second kappa shape index (κ2) is 5.34. The molecule has 1 aromatic rings. The van der Waals surface area contributed by atoms with Crippen LogP contribution in [0.15, 0.2) is 18.2 Å². The highest BCUT2D eigenvalue weighted by molar-refractivity contribution is 5.73. The molecule has 0 bridgehead atoms. The van der Waals surface area contributed by atoms with Crippen LogP contribution < -0.4 is 5.32 Å². The second-order valence-corrected chi connectivity index (χ2v) is 3.12. The van der Waals surface area contributed by atoms with Gasteiger partial charge in [0.15, 0.2) is 0 Å². The molecular formula is C11H9F3N2O. The van der Waals surface area contributed by atoms with Crippen LogP contribution in [0, 0.1) is 11.8 Å². The molecule has 0 atom stereocenters. The summed E-state index contributed by atoms with van der Waals surface area (Å²) in [7, 11) is 0. The zero-order valence-corrected chi connectivity index (χ0v) is 8.93. The number of carbonyl (C=O) groups excluding carboxylic acids is 1. The van der Waals surface area contributed by atoms with Gasteiger partial charge in [0.1, 0.15) is 11.4 Å². The average Bonchev–Trinajstić information content (AvgIpc) is 2.23. The Morgan fingerprint density at radius 3 is 2.76 bits per heavy atom. The lowest BCUT2D eigenvalue weighted by Crippen LogP contribution is -2.19. The molecule has 0 aliphatic rings. The van der Waals surface area contributed by atoms with Gasteiger partial charge in [-0.1, -0.05) is 12.0 Å². The molecule has 1 aromatic heterocycles. The van der Waals surface area contributed by atoms with E-state index in [1.54, 1.807) is 0 Å². The van der Waals surface area contributed by atoms with Crippen LogP contribution in [0.25, 0.3) is 0 Å². The fraction of sp³-hybridized carbons (Fsp3) is 0.273. The molecule has 6 heteroatoms. The van der Waals surface area contributed by atoms with Crippen molar-refractivity contribution < 1.29 is 18.0 Å². The number of amides is 1. The highest BCUT2D eigenvalue weighted by Crippen LogP contribution is 2.27. The van der Waals surface area contributed by atoms with E-state index in [1.807, 2.05) is 0 Å². The summed E-state index contributed by atoms with van der Waals surface area (Å²) in [5, 5.41) is 2.40. The van der Waals surface area contributed by atoms with Gasteiger partial charge in [-0.2, -0.15) is 13.2 Å². The number of hydrogen-bond donors (Lipinski definition) is 1. The van der Waals surface area contributed by atoms with E-state index in [9.17, 15) is 18.0 Å². The average molecular weight is 242 g/mol. The molecule has 0 aliphatic carbocycles. The van der Waals surface area contributed by atoms with Gasteiger partial charge in [0.25, 0.3) is 0 Å². The van der Waals surface area contributed by atoms with E-state index in [0.717, 1.165) is 6.07 Å². The number of hydrogen-bond acceptors (Lipinski definition) is 2. The van der Waals surface area contributed by atoms with Crippen molar-refractivity contribution >= 4 is 5.91 Å². The number of halogens is 3. The van der Waals surface area contributed by atoms with Gasteiger partial charge in [0.05, 0.1) is 6.54 Å². The van der Waals surface area contributed by atoms with E-state index in [1.165, 1.54) is 19.1 Å². The predicted molar refractivity (Wildman–Crippen MR) is 54.8 cm³/mol. The topological polar surface area (TPSA) is 42.0 Å². The Hall–Kier alpha value is -2.03. The van der Waals surface area contributed by atoms with Gasteiger partial charge in [0, 0.05) is 6.92 Å². The van der Waals surface area contributed by atoms with Crippen LogP contribution >= 0.6 is 0 Å². The molecule has 0 aromatic carbocycles. The van der Waals surface area contributed by atoms with Gasteiger partial charge < -0.3 is 5.32 Å². The first-order chi connectivity index (χ1) is 7.89. The maximum Gasteiger partial charge on any atom is 0.433 e. The molecule has 3 nitrogen and oxygen atoms in total. The summed E-state index contributed by atoms with van der Waals surface area (Å²) in [5.41, 5.74) is -0.964. The molecule has 0 spiro atoms. The fourth-order valence-corrected chi connectivity index (χ4v) is 0.966. The van der Waals surface area contributed by atoms with E-state index in [2.05, 4.69) is 22.1 Å². The number of nitrogens with zero attached hydrogens (tertiary/aromatic N) is 1. The molecular weight excluding hydrogens is 233 g/mol. The third-order valence-electron chi connectivity index (χ3n) is 1.68. The number of rotatable bonds is 1. The van der Waals surface area contributed by atoms with Gasteiger partial charge in [-0.05, 0) is 18.1 Å². The van der Waals surface area contributed by atoms with Crippen LogP contribution in [-0.4, -0.2) is 17.4 Å². The van der Waals surface area contributed by atoms with Gasteiger partial charge in [0.2, 0.25) is 5.91 Å². The smallest absolute Gasteiger partial charge is 0.345 e. The van der Waals surface area contributed by atoms with Crippen molar-refractivity contribution in [3.63, 3.8) is 0 Å². The minimum atomic E-state index is -4.48. The Labute approximate surface area is 96.0 Å². The van der Waals surface area contributed by atoms with Crippen molar-refractivity contribution in [1.29, 1.82) is 0 Å². The summed E-state index contributed by atoms with van der Waals surface area (Å²) in [6, 6.07) is 3.48. The maximum absolute atomic E-state index is 12.3. The molecule has 1 rings (SSSR count). The zero-order valence-electron chi connectivity index (χ0n) is 8.93. The standard InChI is InChI=1S/C11H9F3N2O/c1-8(17)15-7-3-5-9-4-2-6-10(16-9)11(12,13)14/h2,4,6H,7H2,1H3,(H,15,17). The van der Waals surface area contributed by atoms with Crippen LogP contribution in [0.5, 0.6) is 0 Å². The summed E-state index contributed by atoms with van der Waals surface area (Å²) in [6.45, 7) is 1.40. The van der Waals surface area contributed by atoms with E-state index in [-0.39, 0.29) is 18.1 Å². The largest absolute Gasteiger partial charge is 0.433 e. The maximum atomic E-state index is 12.3. The molecule has 0 radical (unpaired) electrons. The van der Waals surface area contributed by atoms with Crippen LogP contribution in [-0.2, 0) is 11.0 Å². The Bertz CT molecular complexity index is 472. The van der Waals surface area contributed by atoms with Crippen molar-refractivity contribution in [2.24, 2.45) is 0 Å². The van der Waals surface area contributed by atoms with Crippen molar-refractivity contribution in [3.8, 4) is 11.8 Å². The molecule has 90 valence electrons. The van der Waals surface area contributed by atoms with Crippen LogP contribution in [0.2, 0.25) is 0 Å². The Morgan fingerprint density at radius 2 is 2.18 bits per heavy atom. The summed E-state index contributed by atoms with van der Waals surface area (Å²) in [5.74, 6) is 4.68. The molecule has 1 amide bonds. The summed E-state index contributed by atoms with van der Waals surface area (Å²) in [6.07, 6.45) is -4.48. The predicted octanol–water partition coefficient (Wildman–Crippen LogP) is 1.59.